The normalized spacial score (nSPS) is 16.9. The van der Waals surface area contributed by atoms with E-state index in [1.165, 1.54) is 6.07 Å². The number of hydrogen-bond acceptors (Lipinski definition) is 4. The van der Waals surface area contributed by atoms with Crippen LogP contribution >= 0.6 is 11.8 Å². The van der Waals surface area contributed by atoms with Crippen molar-refractivity contribution in [3.05, 3.63) is 30.1 Å². The Balaban J connectivity index is 1.90. The van der Waals surface area contributed by atoms with Gasteiger partial charge in [-0.15, -0.1) is 0 Å². The van der Waals surface area contributed by atoms with Gasteiger partial charge in [0.05, 0.1) is 10.8 Å². The second-order valence-corrected chi connectivity index (χ2v) is 7.34. The minimum absolute atomic E-state index is 0.0547. The lowest BCUT2D eigenvalue weighted by atomic mass is 10.1. The largest absolute Gasteiger partial charge is 0.451 e. The third-order valence-electron chi connectivity index (χ3n) is 4.13. The second-order valence-electron chi connectivity index (χ2n) is 6.01. The number of para-hydroxylation sites is 1. The molecule has 3 rings (SSSR count). The van der Waals surface area contributed by atoms with Crippen molar-refractivity contribution < 1.29 is 18.0 Å². The zero-order valence-electron chi connectivity index (χ0n) is 13.7. The Morgan fingerprint density at radius 1 is 1.16 bits per heavy atom. The number of rotatable bonds is 3. The van der Waals surface area contributed by atoms with Crippen molar-refractivity contribution in [2.75, 3.05) is 13.1 Å². The van der Waals surface area contributed by atoms with E-state index in [1.54, 1.807) is 30.0 Å². The van der Waals surface area contributed by atoms with Crippen molar-refractivity contribution in [3.63, 3.8) is 0 Å². The molecular weight excluding hydrogens is 351 g/mol. The highest BCUT2D eigenvalue weighted by Gasteiger charge is 2.36. The molecule has 1 aromatic carbocycles. The molecule has 2 aromatic rings. The number of hydrogen-bond donors (Lipinski definition) is 0. The minimum atomic E-state index is -4.63. The van der Waals surface area contributed by atoms with Gasteiger partial charge in [0.25, 0.3) is 0 Å². The standard InChI is InChI=1S/C17H18F3N3OS/c1-11(15(24)23-9-5-2-6-10-23)25-14-12-7-3-4-8-13(12)21-16(22-14)17(18,19)20/h3-4,7-8,11H,2,5-6,9-10H2,1H3. The lowest BCUT2D eigenvalue weighted by Crippen LogP contribution is -2.40. The molecule has 1 amide bonds. The van der Waals surface area contributed by atoms with Gasteiger partial charge >= 0.3 is 6.18 Å². The van der Waals surface area contributed by atoms with E-state index in [4.69, 9.17) is 0 Å². The maximum absolute atomic E-state index is 13.1. The van der Waals surface area contributed by atoms with Crippen LogP contribution in [0.4, 0.5) is 13.2 Å². The molecule has 1 fully saturated rings. The molecule has 1 aromatic heterocycles. The molecule has 0 radical (unpaired) electrons. The van der Waals surface area contributed by atoms with Crippen LogP contribution < -0.4 is 0 Å². The van der Waals surface area contributed by atoms with Crippen LogP contribution in [0.1, 0.15) is 32.0 Å². The fourth-order valence-electron chi connectivity index (χ4n) is 2.85. The number of thioether (sulfide) groups is 1. The summed E-state index contributed by atoms with van der Waals surface area (Å²) in [6.45, 7) is 3.13. The Kier molecular flexibility index (Phi) is 5.17. The molecule has 134 valence electrons. The van der Waals surface area contributed by atoms with E-state index in [2.05, 4.69) is 9.97 Å². The van der Waals surface area contributed by atoms with Crippen LogP contribution in [-0.2, 0) is 11.0 Å². The number of alkyl halides is 3. The molecule has 1 aliphatic rings. The number of fused-ring (bicyclic) bond motifs is 1. The number of nitrogens with zero attached hydrogens (tertiary/aromatic N) is 3. The number of carbonyl (C=O) groups is 1. The molecule has 1 aliphatic heterocycles. The maximum atomic E-state index is 13.1. The van der Waals surface area contributed by atoms with Gasteiger partial charge in [-0.1, -0.05) is 30.0 Å². The van der Waals surface area contributed by atoms with E-state index in [1.807, 2.05) is 0 Å². The van der Waals surface area contributed by atoms with Gasteiger partial charge < -0.3 is 4.90 Å². The molecule has 0 spiro atoms. The molecule has 2 heterocycles. The highest BCUT2D eigenvalue weighted by Crippen LogP contribution is 2.34. The predicted molar refractivity (Wildman–Crippen MR) is 90.3 cm³/mol. The Morgan fingerprint density at radius 2 is 1.84 bits per heavy atom. The van der Waals surface area contributed by atoms with Crippen LogP contribution in [0, 0.1) is 0 Å². The highest BCUT2D eigenvalue weighted by atomic mass is 32.2. The summed E-state index contributed by atoms with van der Waals surface area (Å²) in [5.41, 5.74) is 0.227. The first kappa shape index (κ1) is 18.0. The first-order valence-electron chi connectivity index (χ1n) is 8.15. The smallest absolute Gasteiger partial charge is 0.342 e. The van der Waals surface area contributed by atoms with Crippen LogP contribution in [0.3, 0.4) is 0 Å². The van der Waals surface area contributed by atoms with Gasteiger partial charge in [0.2, 0.25) is 11.7 Å². The van der Waals surface area contributed by atoms with Crippen molar-refractivity contribution in [1.29, 1.82) is 0 Å². The summed E-state index contributed by atoms with van der Waals surface area (Å²) < 4.78 is 39.2. The molecule has 0 N–H and O–H groups in total. The van der Waals surface area contributed by atoms with Gasteiger partial charge in [-0.05, 0) is 32.3 Å². The Morgan fingerprint density at radius 3 is 2.52 bits per heavy atom. The summed E-state index contributed by atoms with van der Waals surface area (Å²) in [4.78, 5) is 21.6. The van der Waals surface area contributed by atoms with E-state index in [9.17, 15) is 18.0 Å². The monoisotopic (exact) mass is 369 g/mol. The average Bonchev–Trinajstić information content (AvgIpc) is 2.61. The lowest BCUT2D eigenvalue weighted by molar-refractivity contribution is -0.145. The van der Waals surface area contributed by atoms with Crippen LogP contribution in [-0.4, -0.2) is 39.1 Å². The number of aromatic nitrogens is 2. The predicted octanol–water partition coefficient (Wildman–Crippen LogP) is 4.14. The van der Waals surface area contributed by atoms with Gasteiger partial charge in [-0.25, -0.2) is 9.97 Å². The summed E-state index contributed by atoms with van der Waals surface area (Å²) in [6.07, 6.45) is -1.58. The minimum Gasteiger partial charge on any atom is -0.342 e. The summed E-state index contributed by atoms with van der Waals surface area (Å²) in [6, 6.07) is 6.55. The third-order valence-corrected chi connectivity index (χ3v) is 5.22. The van der Waals surface area contributed by atoms with Gasteiger partial charge in [0, 0.05) is 18.5 Å². The molecule has 1 unspecified atom stereocenters. The molecule has 8 heteroatoms. The van der Waals surface area contributed by atoms with E-state index >= 15 is 0 Å². The van der Waals surface area contributed by atoms with Gasteiger partial charge in [0.15, 0.2) is 0 Å². The first-order valence-corrected chi connectivity index (χ1v) is 9.03. The zero-order valence-corrected chi connectivity index (χ0v) is 14.5. The van der Waals surface area contributed by atoms with Crippen molar-refractivity contribution in [2.24, 2.45) is 0 Å². The maximum Gasteiger partial charge on any atom is 0.451 e. The first-order chi connectivity index (χ1) is 11.9. The van der Waals surface area contributed by atoms with Crippen molar-refractivity contribution in [1.82, 2.24) is 14.9 Å². The topological polar surface area (TPSA) is 46.1 Å². The summed E-state index contributed by atoms with van der Waals surface area (Å²) in [7, 11) is 0. The lowest BCUT2D eigenvalue weighted by Gasteiger charge is -2.29. The van der Waals surface area contributed by atoms with E-state index < -0.39 is 17.3 Å². The number of carbonyl (C=O) groups excluding carboxylic acids is 1. The SMILES string of the molecule is CC(Sc1nc(C(F)(F)F)nc2ccccc12)C(=O)N1CCCCC1. The molecule has 0 saturated carbocycles. The quantitative estimate of drug-likeness (QED) is 0.603. The van der Waals surface area contributed by atoms with Crippen LogP contribution in [0.5, 0.6) is 0 Å². The summed E-state index contributed by atoms with van der Waals surface area (Å²) in [5.74, 6) is -1.23. The fourth-order valence-corrected chi connectivity index (χ4v) is 3.88. The summed E-state index contributed by atoms with van der Waals surface area (Å²) in [5, 5.41) is 0.215. The van der Waals surface area contributed by atoms with E-state index in [-0.39, 0.29) is 16.4 Å². The molecule has 1 saturated heterocycles. The molecule has 0 aliphatic carbocycles. The number of amides is 1. The Hall–Kier alpha value is -1.83. The van der Waals surface area contributed by atoms with Crippen molar-refractivity contribution in [2.45, 2.75) is 42.6 Å². The summed E-state index contributed by atoms with van der Waals surface area (Å²) >= 11 is 1.06. The highest BCUT2D eigenvalue weighted by molar-refractivity contribution is 8.00. The molecular formula is C17H18F3N3OS. The zero-order chi connectivity index (χ0) is 18.0. The Labute approximate surface area is 147 Å². The number of piperidine rings is 1. The third kappa shape index (κ3) is 4.05. The van der Waals surface area contributed by atoms with Crippen LogP contribution in [0.15, 0.2) is 29.3 Å². The molecule has 25 heavy (non-hydrogen) atoms. The Bertz CT molecular complexity index is 775. The van der Waals surface area contributed by atoms with Crippen molar-refractivity contribution >= 4 is 28.6 Å². The van der Waals surface area contributed by atoms with Crippen LogP contribution in [0.25, 0.3) is 10.9 Å². The van der Waals surface area contributed by atoms with E-state index in [0.29, 0.717) is 18.5 Å². The van der Waals surface area contributed by atoms with Gasteiger partial charge in [-0.3, -0.25) is 4.79 Å². The van der Waals surface area contributed by atoms with Crippen LogP contribution in [0.2, 0.25) is 0 Å². The number of likely N-dealkylation sites (tertiary alicyclic amines) is 1. The molecule has 4 nitrogen and oxygen atoms in total. The molecule has 0 bridgehead atoms. The van der Waals surface area contributed by atoms with Gasteiger partial charge in [0.1, 0.15) is 5.03 Å². The average molecular weight is 369 g/mol. The van der Waals surface area contributed by atoms with Crippen molar-refractivity contribution in [3.8, 4) is 0 Å². The van der Waals surface area contributed by atoms with E-state index in [0.717, 1.165) is 31.0 Å². The fraction of sp³-hybridized carbons (Fsp3) is 0.471. The number of benzene rings is 1. The van der Waals surface area contributed by atoms with Gasteiger partial charge in [-0.2, -0.15) is 13.2 Å². The molecule has 1 atom stereocenters. The second kappa shape index (κ2) is 7.19. The number of halogens is 3.